The molecule has 110 valence electrons. The van der Waals surface area contributed by atoms with E-state index in [1.54, 1.807) is 0 Å². The summed E-state index contributed by atoms with van der Waals surface area (Å²) in [5, 5.41) is 8.98. The number of aromatic nitrogens is 1. The van der Waals surface area contributed by atoms with Gasteiger partial charge in [-0.3, -0.25) is 4.79 Å². The zero-order valence-corrected chi connectivity index (χ0v) is 12.5. The van der Waals surface area contributed by atoms with Crippen molar-refractivity contribution in [2.45, 2.75) is 32.7 Å². The first-order valence-corrected chi connectivity index (χ1v) is 6.80. The Hall–Kier alpha value is -2.36. The van der Waals surface area contributed by atoms with E-state index in [4.69, 9.17) is 5.11 Å². The molecule has 0 aliphatic heterocycles. The molecule has 4 nitrogen and oxygen atoms in total. The minimum Gasteiger partial charge on any atom is -0.478 e. The molecule has 4 heteroatoms. The predicted molar refractivity (Wildman–Crippen MR) is 81.9 cm³/mol. The van der Waals surface area contributed by atoms with Gasteiger partial charge in [-0.1, -0.05) is 45.0 Å². The van der Waals surface area contributed by atoms with Gasteiger partial charge in [0.2, 0.25) is 0 Å². The van der Waals surface area contributed by atoms with Crippen molar-refractivity contribution in [3.05, 3.63) is 69.6 Å². The maximum atomic E-state index is 11.8. The lowest BCUT2D eigenvalue weighted by molar-refractivity contribution is 0.0696. The number of aromatic carboxylic acids is 1. The Labute approximate surface area is 123 Å². The molecule has 1 N–H and O–H groups in total. The van der Waals surface area contributed by atoms with Crippen molar-refractivity contribution in [2.24, 2.45) is 0 Å². The Morgan fingerprint density at radius 2 is 1.71 bits per heavy atom. The van der Waals surface area contributed by atoms with Gasteiger partial charge in [-0.25, -0.2) is 4.79 Å². The first-order valence-electron chi connectivity index (χ1n) is 6.80. The third-order valence-corrected chi connectivity index (χ3v) is 3.40. The third kappa shape index (κ3) is 3.60. The minimum absolute atomic E-state index is 0.0819. The molecule has 0 aliphatic carbocycles. The van der Waals surface area contributed by atoms with Crippen LogP contribution >= 0.6 is 0 Å². The maximum absolute atomic E-state index is 11.8. The van der Waals surface area contributed by atoms with Crippen LogP contribution in [0, 0.1) is 0 Å². The third-order valence-electron chi connectivity index (χ3n) is 3.40. The summed E-state index contributed by atoms with van der Waals surface area (Å²) >= 11 is 0. The molecule has 0 saturated carbocycles. The fourth-order valence-electron chi connectivity index (χ4n) is 2.09. The quantitative estimate of drug-likeness (QED) is 0.943. The Morgan fingerprint density at radius 3 is 2.24 bits per heavy atom. The first kappa shape index (κ1) is 15.0. The highest BCUT2D eigenvalue weighted by molar-refractivity contribution is 5.87. The SMILES string of the molecule is CC(C)(C)c1ccc(Cn2cc(C(=O)O)ccc2=O)cc1. The second kappa shape index (κ2) is 5.56. The van der Waals surface area contributed by atoms with Gasteiger partial charge in [-0.15, -0.1) is 0 Å². The zero-order chi connectivity index (χ0) is 15.6. The smallest absolute Gasteiger partial charge is 0.337 e. The van der Waals surface area contributed by atoms with Crippen LogP contribution in [-0.2, 0) is 12.0 Å². The second-order valence-corrected chi connectivity index (χ2v) is 6.14. The molecule has 2 aromatic rings. The standard InChI is InChI=1S/C17H19NO3/c1-17(2,3)14-7-4-12(5-8-14)10-18-11-13(16(20)21)6-9-15(18)19/h4-9,11H,10H2,1-3H3,(H,20,21). The van der Waals surface area contributed by atoms with Crippen LogP contribution in [0.1, 0.15) is 42.3 Å². The van der Waals surface area contributed by atoms with Gasteiger partial charge in [-0.05, 0) is 22.6 Å². The Morgan fingerprint density at radius 1 is 1.10 bits per heavy atom. The van der Waals surface area contributed by atoms with Gasteiger partial charge in [-0.2, -0.15) is 0 Å². The first-order chi connectivity index (χ1) is 9.77. The number of carboxylic acid groups (broad SMARTS) is 1. The van der Waals surface area contributed by atoms with E-state index in [1.165, 1.54) is 28.5 Å². The molecule has 0 unspecified atom stereocenters. The number of hydrogen-bond acceptors (Lipinski definition) is 2. The summed E-state index contributed by atoms with van der Waals surface area (Å²) in [6.45, 7) is 6.79. The van der Waals surface area contributed by atoms with E-state index in [0.717, 1.165) is 5.56 Å². The molecule has 0 fully saturated rings. The number of carboxylic acids is 1. The molecule has 1 aromatic heterocycles. The van der Waals surface area contributed by atoms with Crippen LogP contribution in [0.3, 0.4) is 0 Å². The summed E-state index contributed by atoms with van der Waals surface area (Å²) < 4.78 is 1.41. The fraction of sp³-hybridized carbons (Fsp3) is 0.294. The van der Waals surface area contributed by atoms with E-state index in [2.05, 4.69) is 20.8 Å². The van der Waals surface area contributed by atoms with Crippen LogP contribution < -0.4 is 5.56 Å². The molecule has 0 atom stereocenters. The Bertz CT molecular complexity index is 706. The summed E-state index contributed by atoms with van der Waals surface area (Å²) in [5.74, 6) is -1.04. The average molecular weight is 285 g/mol. The van der Waals surface area contributed by atoms with Gasteiger partial charge in [0.05, 0.1) is 12.1 Å². The summed E-state index contributed by atoms with van der Waals surface area (Å²) in [4.78, 5) is 22.8. The highest BCUT2D eigenvalue weighted by Gasteiger charge is 2.13. The van der Waals surface area contributed by atoms with Crippen molar-refractivity contribution < 1.29 is 9.90 Å². The van der Waals surface area contributed by atoms with Gasteiger partial charge in [0, 0.05) is 12.3 Å². The van der Waals surface area contributed by atoms with E-state index in [9.17, 15) is 9.59 Å². The molecule has 0 aliphatic rings. The van der Waals surface area contributed by atoms with Gasteiger partial charge in [0.1, 0.15) is 0 Å². The lowest BCUT2D eigenvalue weighted by atomic mass is 9.87. The normalized spacial score (nSPS) is 11.4. The number of hydrogen-bond donors (Lipinski definition) is 1. The lowest BCUT2D eigenvalue weighted by Crippen LogP contribution is -2.20. The molecule has 0 radical (unpaired) electrons. The molecule has 0 saturated heterocycles. The van der Waals surface area contributed by atoms with Crippen molar-refractivity contribution >= 4 is 5.97 Å². The number of benzene rings is 1. The molecule has 21 heavy (non-hydrogen) atoms. The van der Waals surface area contributed by atoms with E-state index in [1.807, 2.05) is 24.3 Å². The highest BCUT2D eigenvalue weighted by Crippen LogP contribution is 2.22. The molecule has 1 heterocycles. The Kier molecular flexibility index (Phi) is 3.98. The van der Waals surface area contributed by atoms with Crippen LogP contribution in [0.2, 0.25) is 0 Å². The summed E-state index contributed by atoms with van der Waals surface area (Å²) in [5.41, 5.74) is 2.17. The number of carbonyl (C=O) groups is 1. The van der Waals surface area contributed by atoms with Crippen molar-refractivity contribution in [1.29, 1.82) is 0 Å². The van der Waals surface area contributed by atoms with Crippen LogP contribution in [0.5, 0.6) is 0 Å². The molecule has 0 spiro atoms. The van der Waals surface area contributed by atoms with Crippen LogP contribution in [0.25, 0.3) is 0 Å². The van der Waals surface area contributed by atoms with E-state index < -0.39 is 5.97 Å². The summed E-state index contributed by atoms with van der Waals surface area (Å²) in [7, 11) is 0. The average Bonchev–Trinajstić information content (AvgIpc) is 2.40. The molecular formula is C17H19NO3. The van der Waals surface area contributed by atoms with Crippen LogP contribution in [0.4, 0.5) is 0 Å². The zero-order valence-electron chi connectivity index (χ0n) is 12.5. The van der Waals surface area contributed by atoms with Crippen molar-refractivity contribution in [1.82, 2.24) is 4.57 Å². The van der Waals surface area contributed by atoms with Gasteiger partial charge >= 0.3 is 5.97 Å². The fourth-order valence-corrected chi connectivity index (χ4v) is 2.09. The lowest BCUT2D eigenvalue weighted by Gasteiger charge is -2.19. The molecule has 1 aromatic carbocycles. The molecular weight excluding hydrogens is 266 g/mol. The minimum atomic E-state index is -1.04. The largest absolute Gasteiger partial charge is 0.478 e. The van der Waals surface area contributed by atoms with Crippen LogP contribution in [0.15, 0.2) is 47.4 Å². The van der Waals surface area contributed by atoms with E-state index in [-0.39, 0.29) is 16.5 Å². The Balaban J connectivity index is 2.28. The van der Waals surface area contributed by atoms with Gasteiger partial charge in [0.25, 0.3) is 5.56 Å². The van der Waals surface area contributed by atoms with Gasteiger partial charge in [0.15, 0.2) is 0 Å². The number of rotatable bonds is 3. The van der Waals surface area contributed by atoms with Crippen molar-refractivity contribution in [2.75, 3.05) is 0 Å². The summed E-state index contributed by atoms with van der Waals surface area (Å²) in [6, 6.07) is 10.6. The second-order valence-electron chi connectivity index (χ2n) is 6.14. The van der Waals surface area contributed by atoms with Gasteiger partial charge < -0.3 is 9.67 Å². The molecule has 2 rings (SSSR count). The van der Waals surface area contributed by atoms with Crippen molar-refractivity contribution in [3.63, 3.8) is 0 Å². The molecule has 0 bridgehead atoms. The van der Waals surface area contributed by atoms with E-state index >= 15 is 0 Å². The number of pyridine rings is 1. The maximum Gasteiger partial charge on any atom is 0.337 e. The van der Waals surface area contributed by atoms with Crippen LogP contribution in [-0.4, -0.2) is 15.6 Å². The monoisotopic (exact) mass is 285 g/mol. The predicted octanol–water partition coefficient (Wildman–Crippen LogP) is 2.89. The van der Waals surface area contributed by atoms with Crippen molar-refractivity contribution in [3.8, 4) is 0 Å². The molecule has 0 amide bonds. The van der Waals surface area contributed by atoms with E-state index in [0.29, 0.717) is 6.54 Å². The highest BCUT2D eigenvalue weighted by atomic mass is 16.4. The summed E-state index contributed by atoms with van der Waals surface area (Å²) in [6.07, 6.45) is 1.38. The number of nitrogens with zero attached hydrogens (tertiary/aromatic N) is 1. The topological polar surface area (TPSA) is 59.3 Å².